The molecule has 0 fully saturated rings. The molecule has 23 heavy (non-hydrogen) atoms. The van der Waals surface area contributed by atoms with Gasteiger partial charge in [0.25, 0.3) is 0 Å². The highest BCUT2D eigenvalue weighted by Gasteiger charge is 2.11. The number of aryl methyl sites for hydroxylation is 2. The molecule has 2 aromatic rings. The molecule has 0 unspecified atom stereocenters. The Bertz CT molecular complexity index is 662. The molecule has 0 aliphatic carbocycles. The Hall–Kier alpha value is -2.29. The van der Waals surface area contributed by atoms with E-state index in [-0.39, 0.29) is 11.8 Å². The largest absolute Gasteiger partial charge is 0.497 e. The van der Waals surface area contributed by atoms with Crippen LogP contribution in [-0.2, 0) is 11.2 Å². The Kier molecular flexibility index (Phi) is 5.80. The van der Waals surface area contributed by atoms with Crippen molar-refractivity contribution in [3.63, 3.8) is 0 Å². The maximum absolute atomic E-state index is 12.2. The van der Waals surface area contributed by atoms with Crippen LogP contribution in [-0.4, -0.2) is 13.0 Å². The van der Waals surface area contributed by atoms with E-state index in [0.29, 0.717) is 6.42 Å². The van der Waals surface area contributed by atoms with Crippen molar-refractivity contribution in [3.8, 4) is 5.75 Å². The molecule has 3 heteroatoms. The quantitative estimate of drug-likeness (QED) is 0.852. The van der Waals surface area contributed by atoms with E-state index in [1.54, 1.807) is 7.11 Å². The lowest BCUT2D eigenvalue weighted by atomic mass is 9.97. The molecule has 122 valence electrons. The molecule has 3 nitrogen and oxygen atoms in total. The fourth-order valence-corrected chi connectivity index (χ4v) is 2.62. The summed E-state index contributed by atoms with van der Waals surface area (Å²) in [5, 5.41) is 3.03. The first-order valence-electron chi connectivity index (χ1n) is 7.98. The molecule has 1 amide bonds. The van der Waals surface area contributed by atoms with Gasteiger partial charge in [0.2, 0.25) is 5.91 Å². The Balaban J connectivity index is 1.90. The Labute approximate surface area is 138 Å². The van der Waals surface area contributed by atoms with Gasteiger partial charge in [-0.15, -0.1) is 0 Å². The van der Waals surface area contributed by atoms with Gasteiger partial charge in [-0.3, -0.25) is 4.79 Å². The molecule has 0 heterocycles. The Morgan fingerprint density at radius 3 is 2.48 bits per heavy atom. The standard InChI is InChI=1S/C20H25NO2/c1-14-5-6-16(3)19(12-14)21-20(22)13-15(2)11-17-7-9-18(23-4)10-8-17/h5-10,12,15H,11,13H2,1-4H3,(H,21,22)/t15-/m0/s1. The molecule has 2 aromatic carbocycles. The first-order valence-corrected chi connectivity index (χ1v) is 7.98. The molecule has 0 bridgehead atoms. The van der Waals surface area contributed by atoms with E-state index in [1.807, 2.05) is 38.1 Å². The molecule has 0 aromatic heterocycles. The second-order valence-electron chi connectivity index (χ2n) is 6.23. The zero-order chi connectivity index (χ0) is 16.8. The third kappa shape index (κ3) is 5.13. The maximum Gasteiger partial charge on any atom is 0.224 e. The zero-order valence-electron chi connectivity index (χ0n) is 14.3. The van der Waals surface area contributed by atoms with E-state index >= 15 is 0 Å². The average Bonchev–Trinajstić information content (AvgIpc) is 2.51. The summed E-state index contributed by atoms with van der Waals surface area (Å²) in [6, 6.07) is 14.1. The fourth-order valence-electron chi connectivity index (χ4n) is 2.62. The van der Waals surface area contributed by atoms with E-state index < -0.39 is 0 Å². The van der Waals surface area contributed by atoms with E-state index in [2.05, 4.69) is 30.4 Å². The van der Waals surface area contributed by atoms with Gasteiger partial charge in [-0.2, -0.15) is 0 Å². The number of nitrogens with one attached hydrogen (secondary N) is 1. The Morgan fingerprint density at radius 1 is 1.13 bits per heavy atom. The third-order valence-corrected chi connectivity index (χ3v) is 3.94. The topological polar surface area (TPSA) is 38.3 Å². The van der Waals surface area contributed by atoms with Crippen molar-refractivity contribution in [2.24, 2.45) is 5.92 Å². The van der Waals surface area contributed by atoms with Crippen molar-refractivity contribution < 1.29 is 9.53 Å². The summed E-state index contributed by atoms with van der Waals surface area (Å²) in [6.45, 7) is 6.14. The van der Waals surface area contributed by atoms with Crippen LogP contribution in [0.3, 0.4) is 0 Å². The molecule has 2 rings (SSSR count). The molecular weight excluding hydrogens is 286 g/mol. The van der Waals surface area contributed by atoms with Crippen LogP contribution in [0.4, 0.5) is 5.69 Å². The summed E-state index contributed by atoms with van der Waals surface area (Å²) in [5.74, 6) is 1.21. The number of carbonyl (C=O) groups excluding carboxylic acids is 1. The molecule has 0 aliphatic heterocycles. The number of ether oxygens (including phenoxy) is 1. The number of benzene rings is 2. The van der Waals surface area contributed by atoms with Crippen molar-refractivity contribution >= 4 is 11.6 Å². The predicted octanol–water partition coefficient (Wildman–Crippen LogP) is 4.52. The van der Waals surface area contributed by atoms with Gasteiger partial charge < -0.3 is 10.1 Å². The minimum atomic E-state index is 0.0692. The van der Waals surface area contributed by atoms with Crippen LogP contribution in [0.1, 0.15) is 30.0 Å². The molecular formula is C20H25NO2. The highest BCUT2D eigenvalue weighted by Crippen LogP contribution is 2.19. The summed E-state index contributed by atoms with van der Waals surface area (Å²) >= 11 is 0. The van der Waals surface area contributed by atoms with Crippen molar-refractivity contribution in [2.75, 3.05) is 12.4 Å². The van der Waals surface area contributed by atoms with Crippen LogP contribution in [0.25, 0.3) is 0 Å². The fraction of sp³-hybridized carbons (Fsp3) is 0.350. The normalized spacial score (nSPS) is 11.8. The van der Waals surface area contributed by atoms with Crippen LogP contribution in [0, 0.1) is 19.8 Å². The minimum Gasteiger partial charge on any atom is -0.497 e. The van der Waals surface area contributed by atoms with Gasteiger partial charge in [-0.25, -0.2) is 0 Å². The molecule has 0 saturated heterocycles. The summed E-state index contributed by atoms with van der Waals surface area (Å²) in [7, 11) is 1.66. The van der Waals surface area contributed by atoms with Crippen molar-refractivity contribution in [1.82, 2.24) is 0 Å². The maximum atomic E-state index is 12.2. The number of methoxy groups -OCH3 is 1. The zero-order valence-corrected chi connectivity index (χ0v) is 14.3. The summed E-state index contributed by atoms with van der Waals surface area (Å²) in [6.07, 6.45) is 1.39. The first-order chi connectivity index (χ1) is 11.0. The van der Waals surface area contributed by atoms with Crippen molar-refractivity contribution in [2.45, 2.75) is 33.6 Å². The number of anilines is 1. The van der Waals surface area contributed by atoms with Crippen LogP contribution >= 0.6 is 0 Å². The van der Waals surface area contributed by atoms with Gasteiger partial charge in [-0.05, 0) is 61.1 Å². The molecule has 0 radical (unpaired) electrons. The van der Waals surface area contributed by atoms with Gasteiger partial charge in [0.15, 0.2) is 0 Å². The number of amides is 1. The van der Waals surface area contributed by atoms with Gasteiger partial charge in [0.05, 0.1) is 7.11 Å². The number of rotatable bonds is 6. The van der Waals surface area contributed by atoms with E-state index in [9.17, 15) is 4.79 Å². The van der Waals surface area contributed by atoms with Gasteiger partial charge in [-0.1, -0.05) is 31.2 Å². The SMILES string of the molecule is COc1ccc(C[C@H](C)CC(=O)Nc2cc(C)ccc2C)cc1. The second-order valence-corrected chi connectivity index (χ2v) is 6.23. The van der Waals surface area contributed by atoms with Gasteiger partial charge in [0.1, 0.15) is 5.75 Å². The third-order valence-electron chi connectivity index (χ3n) is 3.94. The van der Waals surface area contributed by atoms with Gasteiger partial charge in [0, 0.05) is 12.1 Å². The van der Waals surface area contributed by atoms with Crippen LogP contribution in [0.15, 0.2) is 42.5 Å². The van der Waals surface area contributed by atoms with E-state index in [1.165, 1.54) is 5.56 Å². The Morgan fingerprint density at radius 2 is 1.83 bits per heavy atom. The molecule has 0 saturated carbocycles. The molecule has 0 spiro atoms. The second kappa shape index (κ2) is 7.82. The summed E-state index contributed by atoms with van der Waals surface area (Å²) < 4.78 is 5.16. The number of carbonyl (C=O) groups is 1. The van der Waals surface area contributed by atoms with Crippen LogP contribution < -0.4 is 10.1 Å². The number of hydrogen-bond donors (Lipinski definition) is 1. The summed E-state index contributed by atoms with van der Waals surface area (Å²) in [5.41, 5.74) is 4.37. The summed E-state index contributed by atoms with van der Waals surface area (Å²) in [4.78, 5) is 12.2. The van der Waals surface area contributed by atoms with Crippen molar-refractivity contribution in [3.05, 3.63) is 59.2 Å². The van der Waals surface area contributed by atoms with Crippen molar-refractivity contribution in [1.29, 1.82) is 0 Å². The number of hydrogen-bond acceptors (Lipinski definition) is 2. The van der Waals surface area contributed by atoms with Crippen LogP contribution in [0.5, 0.6) is 5.75 Å². The lowest BCUT2D eigenvalue weighted by Crippen LogP contribution is -2.17. The van der Waals surface area contributed by atoms with Crippen LogP contribution in [0.2, 0.25) is 0 Å². The monoisotopic (exact) mass is 311 g/mol. The lowest BCUT2D eigenvalue weighted by molar-refractivity contribution is -0.116. The average molecular weight is 311 g/mol. The minimum absolute atomic E-state index is 0.0692. The predicted molar refractivity (Wildman–Crippen MR) is 95.0 cm³/mol. The molecule has 0 aliphatic rings. The van der Waals surface area contributed by atoms with E-state index in [0.717, 1.165) is 29.0 Å². The van der Waals surface area contributed by atoms with E-state index in [4.69, 9.17) is 4.74 Å². The molecule has 1 atom stereocenters. The lowest BCUT2D eigenvalue weighted by Gasteiger charge is -2.13. The first kappa shape index (κ1) is 17.1. The highest BCUT2D eigenvalue weighted by atomic mass is 16.5. The van der Waals surface area contributed by atoms with Gasteiger partial charge >= 0.3 is 0 Å². The molecule has 1 N–H and O–H groups in total. The smallest absolute Gasteiger partial charge is 0.224 e. The highest BCUT2D eigenvalue weighted by molar-refractivity contribution is 5.91.